The lowest BCUT2D eigenvalue weighted by atomic mass is 10.1. The maximum Gasteiger partial charge on any atom is 0.241 e. The number of hydrogen-bond donors (Lipinski definition) is 0. The van der Waals surface area contributed by atoms with Crippen molar-refractivity contribution in [2.24, 2.45) is 0 Å². The first-order chi connectivity index (χ1) is 13.3. The molecule has 7 heteroatoms. The molecule has 0 bridgehead atoms. The summed E-state index contributed by atoms with van der Waals surface area (Å²) in [6.07, 6.45) is 2.46. The standard InChI is InChI=1S/C20H23N3O3S/c1-24-18-7-3-2-5-15(18)11-23(12-17-6-4-9-25-17)13-19-21-20(22-26-19)16-8-10-27-14-16/h2-3,5,7-8,10,14,17H,4,6,9,11-13H2,1H3/t17-/m1/s1. The quantitative estimate of drug-likeness (QED) is 0.584. The molecule has 0 aliphatic carbocycles. The van der Waals surface area contributed by atoms with Crippen LogP contribution in [-0.4, -0.2) is 41.4 Å². The van der Waals surface area contributed by atoms with Crippen LogP contribution in [0.3, 0.4) is 0 Å². The second-order valence-electron chi connectivity index (χ2n) is 6.64. The number of aromatic nitrogens is 2. The van der Waals surface area contributed by atoms with Crippen LogP contribution in [0.1, 0.15) is 24.3 Å². The first-order valence-electron chi connectivity index (χ1n) is 9.13. The molecule has 0 spiro atoms. The van der Waals surface area contributed by atoms with E-state index in [0.29, 0.717) is 18.3 Å². The number of nitrogens with zero attached hydrogens (tertiary/aromatic N) is 3. The Morgan fingerprint density at radius 1 is 1.26 bits per heavy atom. The first-order valence-corrected chi connectivity index (χ1v) is 10.1. The zero-order valence-corrected chi connectivity index (χ0v) is 16.2. The molecule has 0 amide bonds. The van der Waals surface area contributed by atoms with Crippen LogP contribution in [-0.2, 0) is 17.8 Å². The maximum absolute atomic E-state index is 5.84. The molecule has 1 aromatic carbocycles. The van der Waals surface area contributed by atoms with E-state index in [1.165, 1.54) is 0 Å². The Labute approximate surface area is 162 Å². The second kappa shape index (κ2) is 8.65. The Kier molecular flexibility index (Phi) is 5.81. The smallest absolute Gasteiger partial charge is 0.241 e. The van der Waals surface area contributed by atoms with Crippen molar-refractivity contribution in [2.75, 3.05) is 20.3 Å². The molecular weight excluding hydrogens is 362 g/mol. The zero-order chi connectivity index (χ0) is 18.5. The van der Waals surface area contributed by atoms with E-state index in [0.717, 1.165) is 49.4 Å². The van der Waals surface area contributed by atoms with Gasteiger partial charge in [0.2, 0.25) is 11.7 Å². The summed E-state index contributed by atoms with van der Waals surface area (Å²) in [5.74, 6) is 2.14. The minimum absolute atomic E-state index is 0.249. The average molecular weight is 385 g/mol. The molecule has 1 atom stereocenters. The van der Waals surface area contributed by atoms with Gasteiger partial charge >= 0.3 is 0 Å². The highest BCUT2D eigenvalue weighted by atomic mass is 32.1. The topological polar surface area (TPSA) is 60.6 Å². The molecule has 27 heavy (non-hydrogen) atoms. The van der Waals surface area contributed by atoms with Gasteiger partial charge in [0.05, 0.1) is 19.8 Å². The molecule has 1 saturated heterocycles. The predicted molar refractivity (Wildman–Crippen MR) is 104 cm³/mol. The SMILES string of the molecule is COc1ccccc1CN(Cc1nc(-c2ccsc2)no1)C[C@H]1CCCO1. The van der Waals surface area contributed by atoms with Crippen LogP contribution < -0.4 is 4.74 Å². The van der Waals surface area contributed by atoms with E-state index in [9.17, 15) is 0 Å². The number of hydrogen-bond acceptors (Lipinski definition) is 7. The third-order valence-electron chi connectivity index (χ3n) is 4.68. The summed E-state index contributed by atoms with van der Waals surface area (Å²) in [4.78, 5) is 6.86. The highest BCUT2D eigenvalue weighted by Crippen LogP contribution is 2.23. The van der Waals surface area contributed by atoms with Gasteiger partial charge in [-0.15, -0.1) is 0 Å². The summed E-state index contributed by atoms with van der Waals surface area (Å²) in [6, 6.07) is 10.1. The van der Waals surface area contributed by atoms with Crippen LogP contribution in [0.2, 0.25) is 0 Å². The summed E-state index contributed by atoms with van der Waals surface area (Å²) in [7, 11) is 1.70. The van der Waals surface area contributed by atoms with Crippen LogP contribution in [0.4, 0.5) is 0 Å². The Balaban J connectivity index is 1.50. The molecule has 6 nitrogen and oxygen atoms in total. The van der Waals surface area contributed by atoms with Gasteiger partial charge in [0, 0.05) is 36.2 Å². The number of methoxy groups -OCH3 is 1. The monoisotopic (exact) mass is 385 g/mol. The number of thiophene rings is 1. The molecule has 1 fully saturated rings. The number of rotatable bonds is 8. The fourth-order valence-corrected chi connectivity index (χ4v) is 3.99. The van der Waals surface area contributed by atoms with Crippen molar-refractivity contribution in [1.82, 2.24) is 15.0 Å². The van der Waals surface area contributed by atoms with Crippen LogP contribution in [0.25, 0.3) is 11.4 Å². The fourth-order valence-electron chi connectivity index (χ4n) is 3.36. The zero-order valence-electron chi connectivity index (χ0n) is 15.3. The minimum Gasteiger partial charge on any atom is -0.496 e. The van der Waals surface area contributed by atoms with Crippen molar-refractivity contribution in [3.05, 3.63) is 52.5 Å². The maximum atomic E-state index is 5.84. The highest BCUT2D eigenvalue weighted by Gasteiger charge is 2.22. The fraction of sp³-hybridized carbons (Fsp3) is 0.400. The Hall–Kier alpha value is -2.22. The van der Waals surface area contributed by atoms with Gasteiger partial charge in [0.15, 0.2) is 0 Å². The summed E-state index contributed by atoms with van der Waals surface area (Å²) in [5.41, 5.74) is 2.13. The van der Waals surface area contributed by atoms with Gasteiger partial charge in [-0.3, -0.25) is 4.90 Å². The number of para-hydroxylation sites is 1. The van der Waals surface area contributed by atoms with Crippen molar-refractivity contribution >= 4 is 11.3 Å². The number of ether oxygens (including phenoxy) is 2. The molecule has 4 rings (SSSR count). The van der Waals surface area contributed by atoms with Crippen molar-refractivity contribution in [1.29, 1.82) is 0 Å². The second-order valence-corrected chi connectivity index (χ2v) is 7.42. The molecule has 3 aromatic rings. The van der Waals surface area contributed by atoms with Crippen molar-refractivity contribution in [3.8, 4) is 17.1 Å². The summed E-state index contributed by atoms with van der Waals surface area (Å²) < 4.78 is 16.9. The minimum atomic E-state index is 0.249. The summed E-state index contributed by atoms with van der Waals surface area (Å²) >= 11 is 1.62. The van der Waals surface area contributed by atoms with Crippen LogP contribution in [0.5, 0.6) is 5.75 Å². The van der Waals surface area contributed by atoms with Crippen molar-refractivity contribution in [3.63, 3.8) is 0 Å². The molecule has 0 saturated carbocycles. The lowest BCUT2D eigenvalue weighted by Gasteiger charge is -2.24. The van der Waals surface area contributed by atoms with Gasteiger partial charge in [-0.05, 0) is 30.4 Å². The van der Waals surface area contributed by atoms with E-state index in [-0.39, 0.29) is 6.10 Å². The van der Waals surface area contributed by atoms with E-state index in [1.54, 1.807) is 18.4 Å². The van der Waals surface area contributed by atoms with E-state index in [1.807, 2.05) is 35.0 Å². The summed E-state index contributed by atoms with van der Waals surface area (Å²) in [6.45, 7) is 2.99. The first kappa shape index (κ1) is 18.2. The molecule has 2 aromatic heterocycles. The van der Waals surface area contributed by atoms with Gasteiger partial charge in [-0.2, -0.15) is 16.3 Å². The predicted octanol–water partition coefficient (Wildman–Crippen LogP) is 3.99. The molecule has 3 heterocycles. The van der Waals surface area contributed by atoms with Crippen molar-refractivity contribution < 1.29 is 14.0 Å². The summed E-state index contributed by atoms with van der Waals surface area (Å²) in [5, 5.41) is 8.15. The molecule has 142 valence electrons. The third-order valence-corrected chi connectivity index (χ3v) is 5.36. The molecule has 0 unspecified atom stereocenters. The van der Waals surface area contributed by atoms with Gasteiger partial charge in [0.25, 0.3) is 0 Å². The number of benzene rings is 1. The van der Waals surface area contributed by atoms with Crippen LogP contribution in [0.15, 0.2) is 45.6 Å². The Morgan fingerprint density at radius 2 is 2.19 bits per heavy atom. The molecular formula is C20H23N3O3S. The Morgan fingerprint density at radius 3 is 2.96 bits per heavy atom. The lowest BCUT2D eigenvalue weighted by Crippen LogP contribution is -2.31. The molecule has 0 radical (unpaired) electrons. The normalized spacial score (nSPS) is 16.9. The Bertz CT molecular complexity index is 844. The van der Waals surface area contributed by atoms with E-state index < -0.39 is 0 Å². The van der Waals surface area contributed by atoms with Crippen LogP contribution >= 0.6 is 11.3 Å². The lowest BCUT2D eigenvalue weighted by molar-refractivity contribution is 0.0637. The molecule has 0 N–H and O–H groups in total. The van der Waals surface area contributed by atoms with E-state index >= 15 is 0 Å². The average Bonchev–Trinajstić information content (AvgIpc) is 3.44. The highest BCUT2D eigenvalue weighted by molar-refractivity contribution is 7.08. The molecule has 1 aliphatic heterocycles. The van der Waals surface area contributed by atoms with Gasteiger partial charge in [-0.25, -0.2) is 0 Å². The van der Waals surface area contributed by atoms with E-state index in [2.05, 4.69) is 21.1 Å². The molecule has 1 aliphatic rings. The van der Waals surface area contributed by atoms with Gasteiger partial charge < -0.3 is 14.0 Å². The van der Waals surface area contributed by atoms with Crippen molar-refractivity contribution in [2.45, 2.75) is 32.0 Å². The third kappa shape index (κ3) is 4.55. The van der Waals surface area contributed by atoms with Gasteiger partial charge in [0.1, 0.15) is 5.75 Å². The van der Waals surface area contributed by atoms with E-state index in [4.69, 9.17) is 14.0 Å². The largest absolute Gasteiger partial charge is 0.496 e. The van der Waals surface area contributed by atoms with Crippen LogP contribution in [0, 0.1) is 0 Å². The van der Waals surface area contributed by atoms with Gasteiger partial charge in [-0.1, -0.05) is 23.4 Å².